The van der Waals surface area contributed by atoms with E-state index in [4.69, 9.17) is 0 Å². The van der Waals surface area contributed by atoms with Crippen molar-refractivity contribution >= 4 is 10.9 Å². The number of H-pyrrole nitrogens is 1. The summed E-state index contributed by atoms with van der Waals surface area (Å²) in [6.07, 6.45) is 5.28. The number of aromatic hydroxyl groups is 1. The Kier molecular flexibility index (Phi) is 4.76. The van der Waals surface area contributed by atoms with Gasteiger partial charge in [0.2, 0.25) is 0 Å². The lowest BCUT2D eigenvalue weighted by Crippen LogP contribution is -2.18. The molecule has 0 unspecified atom stereocenters. The Hall–Kier alpha value is -2.26. The topological polar surface area (TPSA) is 48.0 Å². The molecule has 3 rings (SSSR count). The van der Waals surface area contributed by atoms with Gasteiger partial charge in [0.1, 0.15) is 5.75 Å². The predicted molar refractivity (Wildman–Crippen MR) is 91.3 cm³/mol. The molecule has 0 saturated heterocycles. The van der Waals surface area contributed by atoms with Crippen LogP contribution in [0.1, 0.15) is 17.5 Å². The Morgan fingerprint density at radius 1 is 0.955 bits per heavy atom. The van der Waals surface area contributed by atoms with Gasteiger partial charge in [-0.15, -0.1) is 0 Å². The van der Waals surface area contributed by atoms with E-state index in [9.17, 15) is 5.11 Å². The Balaban J connectivity index is 1.42. The first kappa shape index (κ1) is 14.7. The number of benzene rings is 2. The minimum absolute atomic E-state index is 0.323. The molecule has 114 valence electrons. The molecule has 0 spiro atoms. The molecule has 0 atom stereocenters. The summed E-state index contributed by atoms with van der Waals surface area (Å²) in [5, 5.41) is 14.2. The molecule has 2 aromatic carbocycles. The molecule has 3 N–H and O–H groups in total. The van der Waals surface area contributed by atoms with Crippen LogP contribution in [0.4, 0.5) is 0 Å². The molecule has 0 amide bonds. The number of rotatable bonds is 7. The van der Waals surface area contributed by atoms with Crippen LogP contribution in [0.15, 0.2) is 54.7 Å². The molecule has 3 nitrogen and oxygen atoms in total. The van der Waals surface area contributed by atoms with Gasteiger partial charge in [-0.1, -0.05) is 30.3 Å². The third-order valence-electron chi connectivity index (χ3n) is 3.98. The van der Waals surface area contributed by atoms with Crippen molar-refractivity contribution in [1.29, 1.82) is 0 Å². The van der Waals surface area contributed by atoms with Crippen LogP contribution < -0.4 is 5.32 Å². The summed E-state index contributed by atoms with van der Waals surface area (Å²) in [6.45, 7) is 1.99. The van der Waals surface area contributed by atoms with Crippen LogP contribution >= 0.6 is 0 Å². The van der Waals surface area contributed by atoms with Crippen LogP contribution in [0.5, 0.6) is 5.75 Å². The normalized spacial score (nSPS) is 11.1. The molecule has 0 aliphatic heterocycles. The van der Waals surface area contributed by atoms with Gasteiger partial charge in [-0.05, 0) is 61.7 Å². The number of hydrogen-bond donors (Lipinski definition) is 3. The zero-order valence-corrected chi connectivity index (χ0v) is 12.7. The van der Waals surface area contributed by atoms with Gasteiger partial charge in [0.05, 0.1) is 0 Å². The first-order valence-electron chi connectivity index (χ1n) is 7.86. The van der Waals surface area contributed by atoms with Crippen LogP contribution in [0, 0.1) is 0 Å². The fourth-order valence-electron chi connectivity index (χ4n) is 2.78. The third kappa shape index (κ3) is 3.68. The van der Waals surface area contributed by atoms with Crippen molar-refractivity contribution in [1.82, 2.24) is 10.3 Å². The summed E-state index contributed by atoms with van der Waals surface area (Å²) in [7, 11) is 0. The Morgan fingerprint density at radius 2 is 1.82 bits per heavy atom. The largest absolute Gasteiger partial charge is 0.508 e. The van der Waals surface area contributed by atoms with E-state index in [2.05, 4.69) is 40.6 Å². The minimum atomic E-state index is 0.323. The summed E-state index contributed by atoms with van der Waals surface area (Å²) in [6, 6.07) is 16.1. The van der Waals surface area contributed by atoms with E-state index in [1.807, 2.05) is 18.3 Å². The number of phenols is 1. The molecule has 22 heavy (non-hydrogen) atoms. The van der Waals surface area contributed by atoms with Crippen molar-refractivity contribution in [2.45, 2.75) is 19.3 Å². The summed E-state index contributed by atoms with van der Waals surface area (Å²) >= 11 is 0. The van der Waals surface area contributed by atoms with Crippen LogP contribution in [-0.4, -0.2) is 23.2 Å². The zero-order chi connectivity index (χ0) is 15.2. The highest BCUT2D eigenvalue weighted by molar-refractivity contribution is 5.84. The fraction of sp³-hybridized carbons (Fsp3) is 0.263. The van der Waals surface area contributed by atoms with Crippen molar-refractivity contribution in [3.63, 3.8) is 0 Å². The van der Waals surface area contributed by atoms with Gasteiger partial charge in [-0.3, -0.25) is 0 Å². The second-order valence-corrected chi connectivity index (χ2v) is 5.63. The van der Waals surface area contributed by atoms with E-state index in [0.29, 0.717) is 5.75 Å². The third-order valence-corrected chi connectivity index (χ3v) is 3.98. The minimum Gasteiger partial charge on any atom is -0.508 e. The quantitative estimate of drug-likeness (QED) is 0.583. The van der Waals surface area contributed by atoms with Crippen LogP contribution in [-0.2, 0) is 12.8 Å². The van der Waals surface area contributed by atoms with Crippen LogP contribution in [0.25, 0.3) is 10.9 Å². The molecule has 0 fully saturated rings. The van der Waals surface area contributed by atoms with E-state index in [1.54, 1.807) is 6.07 Å². The molecule has 1 aromatic heterocycles. The monoisotopic (exact) mass is 294 g/mol. The average molecular weight is 294 g/mol. The van der Waals surface area contributed by atoms with Gasteiger partial charge in [0, 0.05) is 17.1 Å². The molecule has 1 heterocycles. The first-order valence-corrected chi connectivity index (χ1v) is 7.86. The van der Waals surface area contributed by atoms with Gasteiger partial charge in [0.15, 0.2) is 0 Å². The highest BCUT2D eigenvalue weighted by atomic mass is 16.3. The fourth-order valence-corrected chi connectivity index (χ4v) is 2.78. The zero-order valence-electron chi connectivity index (χ0n) is 12.7. The molecule has 0 saturated carbocycles. The lowest BCUT2D eigenvalue weighted by atomic mass is 10.1. The van der Waals surface area contributed by atoms with E-state index in [-0.39, 0.29) is 0 Å². The lowest BCUT2D eigenvalue weighted by Gasteiger charge is -2.05. The number of phenolic OH excluding ortho intramolecular Hbond substituents is 1. The summed E-state index contributed by atoms with van der Waals surface area (Å²) in [4.78, 5) is 3.25. The number of aromatic nitrogens is 1. The van der Waals surface area contributed by atoms with Crippen molar-refractivity contribution in [2.75, 3.05) is 13.1 Å². The van der Waals surface area contributed by atoms with Crippen molar-refractivity contribution in [2.24, 2.45) is 0 Å². The molecule has 0 bridgehead atoms. The number of hydrogen-bond acceptors (Lipinski definition) is 2. The Labute approximate surface area is 131 Å². The predicted octanol–water partition coefficient (Wildman–Crippen LogP) is 3.64. The summed E-state index contributed by atoms with van der Waals surface area (Å²) in [5.74, 6) is 0.323. The maximum atomic E-state index is 9.59. The van der Waals surface area contributed by atoms with E-state index >= 15 is 0 Å². The van der Waals surface area contributed by atoms with Gasteiger partial charge in [-0.2, -0.15) is 0 Å². The SMILES string of the molecule is Oc1ccc2[nH]cc(CCNCCCc3ccccc3)c2c1. The van der Waals surface area contributed by atoms with Gasteiger partial charge in [0.25, 0.3) is 0 Å². The van der Waals surface area contributed by atoms with Gasteiger partial charge in [-0.25, -0.2) is 0 Å². The Morgan fingerprint density at radius 3 is 2.68 bits per heavy atom. The van der Waals surface area contributed by atoms with E-state index in [1.165, 1.54) is 11.1 Å². The van der Waals surface area contributed by atoms with Gasteiger partial charge < -0.3 is 15.4 Å². The van der Waals surface area contributed by atoms with E-state index < -0.39 is 0 Å². The number of aryl methyl sites for hydroxylation is 1. The molecular weight excluding hydrogens is 272 g/mol. The Bertz CT molecular complexity index is 719. The smallest absolute Gasteiger partial charge is 0.116 e. The molecule has 0 aliphatic carbocycles. The van der Waals surface area contributed by atoms with Crippen LogP contribution in [0.2, 0.25) is 0 Å². The number of fused-ring (bicyclic) bond motifs is 1. The number of nitrogens with one attached hydrogen (secondary N) is 2. The highest BCUT2D eigenvalue weighted by Crippen LogP contribution is 2.22. The van der Waals surface area contributed by atoms with Crippen molar-refractivity contribution in [3.8, 4) is 5.75 Å². The second kappa shape index (κ2) is 7.14. The molecule has 3 aromatic rings. The van der Waals surface area contributed by atoms with Gasteiger partial charge >= 0.3 is 0 Å². The lowest BCUT2D eigenvalue weighted by molar-refractivity contribution is 0.476. The summed E-state index contributed by atoms with van der Waals surface area (Å²) < 4.78 is 0. The van der Waals surface area contributed by atoms with E-state index in [0.717, 1.165) is 43.3 Å². The van der Waals surface area contributed by atoms with Crippen molar-refractivity contribution in [3.05, 3.63) is 65.9 Å². The maximum Gasteiger partial charge on any atom is 0.116 e. The average Bonchev–Trinajstić information content (AvgIpc) is 2.94. The van der Waals surface area contributed by atoms with Crippen LogP contribution in [0.3, 0.4) is 0 Å². The molecule has 0 aliphatic rings. The molecular formula is C19H22N2O. The highest BCUT2D eigenvalue weighted by Gasteiger charge is 2.04. The first-order chi connectivity index (χ1) is 10.8. The van der Waals surface area contributed by atoms with Crippen molar-refractivity contribution < 1.29 is 5.11 Å². The standard InChI is InChI=1S/C19H22N2O/c22-17-8-9-19-18(13-17)16(14-21-19)10-12-20-11-4-7-15-5-2-1-3-6-15/h1-3,5-6,8-9,13-14,20-22H,4,7,10-12H2. The number of aromatic amines is 1. The summed E-state index contributed by atoms with van der Waals surface area (Å²) in [5.41, 5.74) is 3.73. The molecule has 3 heteroatoms. The maximum absolute atomic E-state index is 9.59. The molecule has 0 radical (unpaired) electrons. The second-order valence-electron chi connectivity index (χ2n) is 5.63.